The first-order chi connectivity index (χ1) is 6.28. The topological polar surface area (TPSA) is 0 Å². The summed E-state index contributed by atoms with van der Waals surface area (Å²) >= 11 is 0. The molecule has 16 heavy (non-hydrogen) atoms. The molecule has 1 rings (SSSR count). The number of allylic oxidation sites excluding steroid dienone is 4. The van der Waals surface area contributed by atoms with Gasteiger partial charge >= 0.3 is 26.2 Å². The molecule has 0 bridgehead atoms. The third-order valence-electron chi connectivity index (χ3n) is 3.02. The predicted molar refractivity (Wildman–Crippen MR) is 58.4 cm³/mol. The van der Waals surface area contributed by atoms with Crippen molar-refractivity contribution in [2.24, 2.45) is 5.92 Å². The molecule has 0 nitrogen and oxygen atoms in total. The van der Waals surface area contributed by atoms with Gasteiger partial charge in [-0.25, -0.2) is 5.57 Å². The van der Waals surface area contributed by atoms with Crippen LogP contribution in [0.1, 0.15) is 53.4 Å². The molecule has 0 aromatic carbocycles. The third kappa shape index (κ3) is 4.67. The molecule has 1 aliphatic carbocycles. The van der Waals surface area contributed by atoms with Crippen LogP contribution in [0.5, 0.6) is 0 Å². The third-order valence-corrected chi connectivity index (χ3v) is 3.02. The summed E-state index contributed by atoms with van der Waals surface area (Å²) in [7, 11) is 0. The summed E-state index contributed by atoms with van der Waals surface area (Å²) in [5.41, 5.74) is 4.75. The molecule has 0 saturated carbocycles. The smallest absolute Gasteiger partial charge is 1.00 e. The molecule has 0 spiro atoms. The molecule has 3 heteroatoms. The van der Waals surface area contributed by atoms with Crippen molar-refractivity contribution < 1.29 is 51.0 Å². The van der Waals surface area contributed by atoms with Crippen molar-refractivity contribution in [3.8, 4) is 0 Å². The minimum Gasteiger partial charge on any atom is -1.00 e. The monoisotopic (exact) mass is 337 g/mol. The number of hydrogen-bond acceptors (Lipinski definition) is 0. The van der Waals surface area contributed by atoms with Gasteiger partial charge in [-0.05, 0) is 0 Å². The van der Waals surface area contributed by atoms with Gasteiger partial charge in [0.05, 0.1) is 0 Å². The van der Waals surface area contributed by atoms with E-state index in [0.29, 0.717) is 5.92 Å². The summed E-state index contributed by atoms with van der Waals surface area (Å²) in [5.74, 6) is 0.634. The number of halogens is 2. The van der Waals surface area contributed by atoms with Crippen LogP contribution in [0.2, 0.25) is 0 Å². The van der Waals surface area contributed by atoms with Crippen LogP contribution in [0.4, 0.5) is 0 Å². The van der Waals surface area contributed by atoms with Gasteiger partial charge in [-0.1, -0.05) is 59.3 Å². The van der Waals surface area contributed by atoms with E-state index < -0.39 is 0 Å². The van der Waals surface area contributed by atoms with Gasteiger partial charge in [-0.15, -0.1) is 0 Å². The second-order valence-corrected chi connectivity index (χ2v) is 3.65. The Morgan fingerprint density at radius 2 is 1.50 bits per heavy atom. The Hall–Kier alpha value is 0.943. The van der Waals surface area contributed by atoms with Crippen molar-refractivity contribution in [1.29, 1.82) is 0 Å². The Balaban J connectivity index is -0.000000563. The summed E-state index contributed by atoms with van der Waals surface area (Å²) in [6.45, 7) is 9.04. The average molecular weight is 339 g/mol. The van der Waals surface area contributed by atoms with Gasteiger partial charge < -0.3 is 24.8 Å². The van der Waals surface area contributed by atoms with Crippen LogP contribution >= 0.6 is 0 Å². The van der Waals surface area contributed by atoms with E-state index in [9.17, 15) is 0 Å². The second kappa shape index (κ2) is 11.1. The van der Waals surface area contributed by atoms with Crippen LogP contribution in [0.25, 0.3) is 0 Å². The van der Waals surface area contributed by atoms with Crippen LogP contribution in [0, 0.1) is 12.0 Å². The molecular formula is C13H21Cl2Zr. The zero-order valence-electron chi connectivity index (χ0n) is 10.7. The van der Waals surface area contributed by atoms with E-state index in [1.807, 2.05) is 0 Å². The molecular weight excluding hydrogens is 318 g/mol. The molecule has 91 valence electrons. The summed E-state index contributed by atoms with van der Waals surface area (Å²) in [6.07, 6.45) is 8.41. The predicted octanol–water partition coefficient (Wildman–Crippen LogP) is -1.71. The van der Waals surface area contributed by atoms with Crippen molar-refractivity contribution in [2.75, 3.05) is 0 Å². The van der Waals surface area contributed by atoms with Gasteiger partial charge in [-0.2, -0.15) is 11.1 Å². The van der Waals surface area contributed by atoms with Crippen molar-refractivity contribution in [2.45, 2.75) is 53.4 Å². The molecule has 0 N–H and O–H groups in total. The molecule has 0 aliphatic heterocycles. The molecule has 0 aromatic rings. The van der Waals surface area contributed by atoms with E-state index in [4.69, 9.17) is 0 Å². The maximum Gasteiger partial charge on any atom is 3.00 e. The molecule has 0 aromatic heterocycles. The quantitative estimate of drug-likeness (QED) is 0.535. The van der Waals surface area contributed by atoms with Gasteiger partial charge in [-0.3, -0.25) is 6.08 Å². The molecule has 1 unspecified atom stereocenters. The van der Waals surface area contributed by atoms with Crippen LogP contribution in [-0.2, 0) is 26.2 Å². The van der Waals surface area contributed by atoms with Crippen LogP contribution < -0.4 is 24.8 Å². The summed E-state index contributed by atoms with van der Waals surface area (Å²) in [4.78, 5) is 0. The van der Waals surface area contributed by atoms with Crippen LogP contribution in [-0.4, -0.2) is 0 Å². The average Bonchev–Trinajstić information content (AvgIpc) is 2.54. The minimum absolute atomic E-state index is 0. The first kappa shape index (κ1) is 22.2. The molecule has 1 aliphatic rings. The number of hydrogen-bond donors (Lipinski definition) is 0. The summed E-state index contributed by atoms with van der Waals surface area (Å²) < 4.78 is 0. The SMILES string of the molecule is CCC1=[C-]C(CC)C(CC)=C1CC.[Cl-].[Cl-].[Zr+3]. The standard InChI is InChI=1S/C13H21.2ClH.Zr/c1-5-10-9-11(6-2)13(8-4)12(10)7-3;;;/h10H,5-8H2,1-4H3;2*1H;/q-1;;;+3/p-2. The van der Waals surface area contributed by atoms with Gasteiger partial charge in [0.2, 0.25) is 0 Å². The van der Waals surface area contributed by atoms with E-state index in [0.717, 1.165) is 6.42 Å². The molecule has 0 fully saturated rings. The maximum atomic E-state index is 3.63. The largest absolute Gasteiger partial charge is 3.00 e. The molecule has 0 saturated heterocycles. The molecule has 0 amide bonds. The van der Waals surface area contributed by atoms with Crippen molar-refractivity contribution in [1.82, 2.24) is 0 Å². The zero-order chi connectivity index (χ0) is 9.84. The van der Waals surface area contributed by atoms with E-state index in [-0.39, 0.29) is 51.0 Å². The van der Waals surface area contributed by atoms with Crippen molar-refractivity contribution in [3.63, 3.8) is 0 Å². The van der Waals surface area contributed by atoms with Crippen molar-refractivity contribution >= 4 is 0 Å². The molecule has 1 atom stereocenters. The Bertz CT molecular complexity index is 244. The van der Waals surface area contributed by atoms with Crippen LogP contribution in [0.3, 0.4) is 0 Å². The van der Waals surface area contributed by atoms with Crippen LogP contribution in [0.15, 0.2) is 16.7 Å². The zero-order valence-corrected chi connectivity index (χ0v) is 14.6. The Morgan fingerprint density at radius 3 is 1.81 bits per heavy atom. The summed E-state index contributed by atoms with van der Waals surface area (Å²) in [6, 6.07) is 0. The fraction of sp³-hybridized carbons (Fsp3) is 0.692. The number of rotatable bonds is 4. The Morgan fingerprint density at radius 1 is 0.938 bits per heavy atom. The van der Waals surface area contributed by atoms with E-state index in [2.05, 4.69) is 33.8 Å². The van der Waals surface area contributed by atoms with E-state index >= 15 is 0 Å². The van der Waals surface area contributed by atoms with Crippen molar-refractivity contribution in [3.05, 3.63) is 22.8 Å². The van der Waals surface area contributed by atoms with Gasteiger partial charge in [0.25, 0.3) is 0 Å². The van der Waals surface area contributed by atoms with Gasteiger partial charge in [0, 0.05) is 0 Å². The first-order valence-electron chi connectivity index (χ1n) is 5.62. The normalized spacial score (nSPS) is 18.2. The second-order valence-electron chi connectivity index (χ2n) is 3.65. The fourth-order valence-corrected chi connectivity index (χ4v) is 2.35. The first-order valence-corrected chi connectivity index (χ1v) is 5.62. The minimum atomic E-state index is 0. The fourth-order valence-electron chi connectivity index (χ4n) is 2.35. The van der Waals surface area contributed by atoms with E-state index in [1.165, 1.54) is 24.8 Å². The molecule has 0 heterocycles. The van der Waals surface area contributed by atoms with Gasteiger partial charge in [0.15, 0.2) is 0 Å². The van der Waals surface area contributed by atoms with Gasteiger partial charge in [0.1, 0.15) is 0 Å². The summed E-state index contributed by atoms with van der Waals surface area (Å²) in [5, 5.41) is 0. The molecule has 1 radical (unpaired) electrons. The Labute approximate surface area is 132 Å². The maximum absolute atomic E-state index is 3.63. The Kier molecular flexibility index (Phi) is 15.3. The van der Waals surface area contributed by atoms with E-state index in [1.54, 1.807) is 11.1 Å².